The molecule has 0 radical (unpaired) electrons. The minimum atomic E-state index is -0.426. The van der Waals surface area contributed by atoms with Crippen LogP contribution in [0.5, 0.6) is 0 Å². The van der Waals surface area contributed by atoms with Crippen molar-refractivity contribution < 1.29 is 4.79 Å². The zero-order chi connectivity index (χ0) is 15.5. The third-order valence-electron chi connectivity index (χ3n) is 3.63. The standard InChI is InChI=1S/C16H23N3OS/c1-5-17-15(20)16(3,4)10-19-11(2)12-8-14-13(18-9-12)6-7-21-14/h6-9,11,19H,5,10H2,1-4H3,(H,17,20)/t11-/m0/s1. The van der Waals surface area contributed by atoms with E-state index in [2.05, 4.69) is 34.0 Å². The van der Waals surface area contributed by atoms with Crippen LogP contribution in [0.15, 0.2) is 23.7 Å². The third-order valence-corrected chi connectivity index (χ3v) is 4.48. The number of aromatic nitrogens is 1. The van der Waals surface area contributed by atoms with E-state index in [0.717, 1.165) is 11.1 Å². The number of carbonyl (C=O) groups excluding carboxylic acids is 1. The van der Waals surface area contributed by atoms with Gasteiger partial charge in [0.05, 0.1) is 15.6 Å². The van der Waals surface area contributed by atoms with Crippen LogP contribution in [0.1, 0.15) is 39.3 Å². The van der Waals surface area contributed by atoms with Crippen LogP contribution in [0, 0.1) is 5.41 Å². The van der Waals surface area contributed by atoms with E-state index in [9.17, 15) is 4.79 Å². The lowest BCUT2D eigenvalue weighted by molar-refractivity contribution is -0.129. The Labute approximate surface area is 130 Å². The van der Waals surface area contributed by atoms with E-state index < -0.39 is 5.41 Å². The molecule has 2 heterocycles. The van der Waals surface area contributed by atoms with Gasteiger partial charge in [0, 0.05) is 25.3 Å². The number of nitrogens with one attached hydrogen (secondary N) is 2. The molecule has 1 amide bonds. The molecule has 2 N–H and O–H groups in total. The average Bonchev–Trinajstić information content (AvgIpc) is 2.92. The summed E-state index contributed by atoms with van der Waals surface area (Å²) >= 11 is 1.70. The van der Waals surface area contributed by atoms with Crippen LogP contribution < -0.4 is 10.6 Å². The van der Waals surface area contributed by atoms with Gasteiger partial charge in [0.25, 0.3) is 0 Å². The molecule has 0 unspecified atom stereocenters. The Morgan fingerprint density at radius 1 is 1.48 bits per heavy atom. The summed E-state index contributed by atoms with van der Waals surface area (Å²) in [5.74, 6) is 0.0801. The van der Waals surface area contributed by atoms with Crippen LogP contribution in [0.25, 0.3) is 10.2 Å². The molecule has 0 aromatic carbocycles. The fraction of sp³-hybridized carbons (Fsp3) is 0.500. The van der Waals surface area contributed by atoms with Crippen molar-refractivity contribution in [1.29, 1.82) is 0 Å². The molecule has 0 bridgehead atoms. The molecule has 0 aliphatic heterocycles. The largest absolute Gasteiger partial charge is 0.356 e. The third kappa shape index (κ3) is 3.80. The van der Waals surface area contributed by atoms with E-state index in [4.69, 9.17) is 0 Å². The Kier molecular flexibility index (Phi) is 4.96. The van der Waals surface area contributed by atoms with Crippen LogP contribution in [-0.2, 0) is 4.79 Å². The maximum atomic E-state index is 12.0. The summed E-state index contributed by atoms with van der Waals surface area (Å²) < 4.78 is 1.20. The summed E-state index contributed by atoms with van der Waals surface area (Å²) in [5.41, 5.74) is 1.76. The van der Waals surface area contributed by atoms with Gasteiger partial charge in [-0.25, -0.2) is 0 Å². The second-order valence-electron chi connectivity index (χ2n) is 5.92. The Hall–Kier alpha value is -1.46. The first-order valence-corrected chi connectivity index (χ1v) is 8.17. The van der Waals surface area contributed by atoms with Gasteiger partial charge in [-0.15, -0.1) is 11.3 Å². The summed E-state index contributed by atoms with van der Waals surface area (Å²) in [5, 5.41) is 8.37. The molecule has 2 rings (SSSR count). The molecule has 21 heavy (non-hydrogen) atoms. The molecule has 0 saturated heterocycles. The molecule has 5 heteroatoms. The monoisotopic (exact) mass is 305 g/mol. The molecule has 1 atom stereocenters. The maximum Gasteiger partial charge on any atom is 0.226 e. The van der Waals surface area contributed by atoms with Crippen molar-refractivity contribution in [1.82, 2.24) is 15.6 Å². The lowest BCUT2D eigenvalue weighted by Crippen LogP contribution is -2.43. The van der Waals surface area contributed by atoms with E-state index in [-0.39, 0.29) is 11.9 Å². The lowest BCUT2D eigenvalue weighted by Gasteiger charge is -2.26. The average molecular weight is 305 g/mol. The zero-order valence-corrected chi connectivity index (χ0v) is 13.9. The molecule has 0 fully saturated rings. The molecule has 4 nitrogen and oxygen atoms in total. The van der Waals surface area contributed by atoms with Crippen LogP contribution >= 0.6 is 11.3 Å². The fourth-order valence-corrected chi connectivity index (χ4v) is 2.89. The van der Waals surface area contributed by atoms with E-state index in [1.807, 2.05) is 33.0 Å². The topological polar surface area (TPSA) is 54.0 Å². The van der Waals surface area contributed by atoms with Gasteiger partial charge < -0.3 is 10.6 Å². The Morgan fingerprint density at radius 2 is 2.24 bits per heavy atom. The van der Waals surface area contributed by atoms with Crippen molar-refractivity contribution in [2.75, 3.05) is 13.1 Å². The number of amides is 1. The van der Waals surface area contributed by atoms with Crippen LogP contribution in [0.3, 0.4) is 0 Å². The van der Waals surface area contributed by atoms with Crippen LogP contribution in [-0.4, -0.2) is 24.0 Å². The normalized spacial score (nSPS) is 13.3. The zero-order valence-electron chi connectivity index (χ0n) is 13.1. The second-order valence-corrected chi connectivity index (χ2v) is 6.87. The number of pyridine rings is 1. The number of nitrogens with zero attached hydrogens (tertiary/aromatic N) is 1. The summed E-state index contributed by atoms with van der Waals surface area (Å²) in [4.78, 5) is 16.5. The molecule has 0 spiro atoms. The first-order valence-electron chi connectivity index (χ1n) is 7.29. The molecule has 114 valence electrons. The number of hydrogen-bond acceptors (Lipinski definition) is 4. The van der Waals surface area contributed by atoms with Gasteiger partial charge in [-0.2, -0.15) is 0 Å². The van der Waals surface area contributed by atoms with Crippen molar-refractivity contribution in [3.05, 3.63) is 29.3 Å². The van der Waals surface area contributed by atoms with Crippen molar-refractivity contribution >= 4 is 27.5 Å². The van der Waals surface area contributed by atoms with Gasteiger partial charge in [0.1, 0.15) is 0 Å². The van der Waals surface area contributed by atoms with Crippen molar-refractivity contribution in [2.45, 2.75) is 33.7 Å². The van der Waals surface area contributed by atoms with E-state index >= 15 is 0 Å². The second kappa shape index (κ2) is 6.54. The number of carbonyl (C=O) groups is 1. The Bertz CT molecular complexity index is 621. The minimum absolute atomic E-state index is 0.0801. The minimum Gasteiger partial charge on any atom is -0.356 e. The SMILES string of the molecule is CCNC(=O)C(C)(C)CN[C@@H](C)c1cnc2ccsc2c1. The summed E-state index contributed by atoms with van der Waals surface area (Å²) in [6.07, 6.45) is 1.91. The van der Waals surface area contributed by atoms with E-state index in [0.29, 0.717) is 13.1 Å². The number of hydrogen-bond donors (Lipinski definition) is 2. The molecule has 0 aliphatic rings. The van der Waals surface area contributed by atoms with Crippen molar-refractivity contribution in [2.24, 2.45) is 5.41 Å². The number of rotatable bonds is 6. The highest BCUT2D eigenvalue weighted by atomic mass is 32.1. The van der Waals surface area contributed by atoms with Crippen LogP contribution in [0.2, 0.25) is 0 Å². The highest BCUT2D eigenvalue weighted by Gasteiger charge is 2.27. The van der Waals surface area contributed by atoms with Crippen molar-refractivity contribution in [3.8, 4) is 0 Å². The van der Waals surface area contributed by atoms with Gasteiger partial charge in [-0.05, 0) is 50.8 Å². The Balaban J connectivity index is 2.00. The summed E-state index contributed by atoms with van der Waals surface area (Å²) in [6, 6.07) is 4.36. The quantitative estimate of drug-likeness (QED) is 0.862. The molecule has 0 saturated carbocycles. The first kappa shape index (κ1) is 15.9. The smallest absolute Gasteiger partial charge is 0.226 e. The van der Waals surface area contributed by atoms with Crippen LogP contribution in [0.4, 0.5) is 0 Å². The maximum absolute atomic E-state index is 12.0. The molecule has 0 aliphatic carbocycles. The number of fused-ring (bicyclic) bond motifs is 1. The highest BCUT2D eigenvalue weighted by Crippen LogP contribution is 2.23. The number of thiophene rings is 1. The molecule has 2 aromatic heterocycles. The predicted octanol–water partition coefficient (Wildman–Crippen LogP) is 3.11. The van der Waals surface area contributed by atoms with Gasteiger partial charge in [0.2, 0.25) is 5.91 Å². The van der Waals surface area contributed by atoms with Gasteiger partial charge >= 0.3 is 0 Å². The lowest BCUT2D eigenvalue weighted by atomic mass is 9.91. The van der Waals surface area contributed by atoms with E-state index in [1.54, 1.807) is 11.3 Å². The molecule has 2 aromatic rings. The molecular formula is C16H23N3OS. The fourth-order valence-electron chi connectivity index (χ4n) is 2.10. The summed E-state index contributed by atoms with van der Waals surface area (Å²) in [6.45, 7) is 9.24. The van der Waals surface area contributed by atoms with Gasteiger partial charge in [-0.3, -0.25) is 9.78 Å². The van der Waals surface area contributed by atoms with Gasteiger partial charge in [0.15, 0.2) is 0 Å². The van der Waals surface area contributed by atoms with Crippen molar-refractivity contribution in [3.63, 3.8) is 0 Å². The Morgan fingerprint density at radius 3 is 2.95 bits per heavy atom. The van der Waals surface area contributed by atoms with E-state index in [1.165, 1.54) is 4.70 Å². The predicted molar refractivity (Wildman–Crippen MR) is 88.5 cm³/mol. The highest BCUT2D eigenvalue weighted by molar-refractivity contribution is 7.17. The first-order chi connectivity index (χ1) is 9.94. The van der Waals surface area contributed by atoms with Gasteiger partial charge in [-0.1, -0.05) is 0 Å². The molecular weight excluding hydrogens is 282 g/mol. The summed E-state index contributed by atoms with van der Waals surface area (Å²) in [7, 11) is 0.